The zero-order chi connectivity index (χ0) is 18.9. The second kappa shape index (κ2) is 6.78. The molecule has 3 aromatic carbocycles. The number of furan rings is 1. The number of hydrogen-bond acceptors (Lipinski definition) is 2. The van der Waals surface area contributed by atoms with Crippen LogP contribution >= 0.6 is 0 Å². The quantitative estimate of drug-likeness (QED) is 0.345. The van der Waals surface area contributed by atoms with E-state index in [1.54, 1.807) is 18.3 Å². The first-order valence-corrected chi connectivity index (χ1v) is 9.08. The first-order chi connectivity index (χ1) is 13.8. The van der Waals surface area contributed by atoms with Gasteiger partial charge in [-0.15, -0.1) is 0 Å². The lowest BCUT2D eigenvalue weighted by Crippen LogP contribution is -1.84. The van der Waals surface area contributed by atoms with Gasteiger partial charge in [0.2, 0.25) is 0 Å². The van der Waals surface area contributed by atoms with E-state index in [0.717, 1.165) is 27.8 Å². The molecule has 2 nitrogen and oxygen atoms in total. The molecular formula is C25H16FNO. The lowest BCUT2D eigenvalue weighted by Gasteiger charge is -2.05. The Morgan fingerprint density at radius 2 is 1.39 bits per heavy atom. The highest BCUT2D eigenvalue weighted by Crippen LogP contribution is 2.31. The van der Waals surface area contributed by atoms with Crippen molar-refractivity contribution in [1.29, 1.82) is 0 Å². The van der Waals surface area contributed by atoms with Crippen molar-refractivity contribution in [2.24, 2.45) is 0 Å². The maximum atomic E-state index is 13.2. The van der Waals surface area contributed by atoms with E-state index in [2.05, 4.69) is 35.3 Å². The third-order valence-corrected chi connectivity index (χ3v) is 4.80. The molecule has 0 amide bonds. The van der Waals surface area contributed by atoms with Crippen LogP contribution in [-0.4, -0.2) is 4.98 Å². The van der Waals surface area contributed by atoms with Gasteiger partial charge in [-0.1, -0.05) is 48.5 Å². The van der Waals surface area contributed by atoms with E-state index in [1.807, 2.05) is 36.4 Å². The van der Waals surface area contributed by atoms with Crippen LogP contribution in [0.15, 0.2) is 102 Å². The molecule has 0 radical (unpaired) electrons. The molecule has 0 fully saturated rings. The van der Waals surface area contributed by atoms with E-state index in [4.69, 9.17) is 4.42 Å². The molecule has 5 aromatic rings. The molecule has 0 spiro atoms. The van der Waals surface area contributed by atoms with Gasteiger partial charge >= 0.3 is 0 Å². The number of benzene rings is 3. The van der Waals surface area contributed by atoms with Gasteiger partial charge < -0.3 is 4.42 Å². The first kappa shape index (κ1) is 16.5. The Bertz CT molecular complexity index is 1260. The highest BCUT2D eigenvalue weighted by Gasteiger charge is 2.09. The molecule has 0 bridgehead atoms. The van der Waals surface area contributed by atoms with Crippen molar-refractivity contribution in [2.75, 3.05) is 0 Å². The third kappa shape index (κ3) is 3.08. The van der Waals surface area contributed by atoms with Crippen LogP contribution < -0.4 is 0 Å². The maximum Gasteiger partial charge on any atom is 0.153 e. The Balaban J connectivity index is 1.54. The second-order valence-corrected chi connectivity index (χ2v) is 6.67. The predicted octanol–water partition coefficient (Wildman–Crippen LogP) is 6.97. The standard InChI is InChI=1S/C25H16FNO/c26-22-11-9-18(10-12-22)24-15-21-14-23(27-16-25(21)28-24)20-8-4-7-19(13-20)17-5-2-1-3-6-17/h1-16H. The molecule has 5 rings (SSSR count). The van der Waals surface area contributed by atoms with Crippen molar-refractivity contribution in [3.05, 3.63) is 103 Å². The van der Waals surface area contributed by atoms with Gasteiger partial charge in [0.1, 0.15) is 11.6 Å². The van der Waals surface area contributed by atoms with Crippen LogP contribution in [0.1, 0.15) is 0 Å². The second-order valence-electron chi connectivity index (χ2n) is 6.67. The van der Waals surface area contributed by atoms with Crippen LogP contribution in [0, 0.1) is 5.82 Å². The average molecular weight is 365 g/mol. The monoisotopic (exact) mass is 365 g/mol. The molecule has 3 heteroatoms. The average Bonchev–Trinajstić information content (AvgIpc) is 3.18. The Labute approximate surface area is 161 Å². The summed E-state index contributed by atoms with van der Waals surface area (Å²) in [6, 6.07) is 28.9. The van der Waals surface area contributed by atoms with Gasteiger partial charge in [-0.2, -0.15) is 0 Å². The highest BCUT2D eigenvalue weighted by atomic mass is 19.1. The fraction of sp³-hybridized carbons (Fsp3) is 0. The van der Waals surface area contributed by atoms with E-state index >= 15 is 0 Å². The van der Waals surface area contributed by atoms with Crippen LogP contribution in [0.3, 0.4) is 0 Å². The molecule has 0 N–H and O–H groups in total. The summed E-state index contributed by atoms with van der Waals surface area (Å²) < 4.78 is 19.1. The molecule has 0 saturated heterocycles. The molecule has 2 heterocycles. The van der Waals surface area contributed by atoms with Crippen LogP contribution in [0.5, 0.6) is 0 Å². The minimum absolute atomic E-state index is 0.262. The fourth-order valence-electron chi connectivity index (χ4n) is 3.35. The van der Waals surface area contributed by atoms with Crippen molar-refractivity contribution in [3.8, 4) is 33.7 Å². The van der Waals surface area contributed by atoms with Gasteiger partial charge in [-0.25, -0.2) is 4.39 Å². The van der Waals surface area contributed by atoms with Crippen LogP contribution in [0.25, 0.3) is 44.7 Å². The topological polar surface area (TPSA) is 26.0 Å². The summed E-state index contributed by atoms with van der Waals surface area (Å²) in [6.45, 7) is 0. The van der Waals surface area contributed by atoms with E-state index in [0.29, 0.717) is 11.3 Å². The Hall–Kier alpha value is -3.72. The molecule has 134 valence electrons. The summed E-state index contributed by atoms with van der Waals surface area (Å²) in [7, 11) is 0. The third-order valence-electron chi connectivity index (χ3n) is 4.80. The van der Waals surface area contributed by atoms with Gasteiger partial charge in [-0.05, 0) is 53.6 Å². The van der Waals surface area contributed by atoms with Crippen LogP contribution in [0.4, 0.5) is 4.39 Å². The summed E-state index contributed by atoms with van der Waals surface area (Å²) in [6.07, 6.45) is 1.74. The number of rotatable bonds is 3. The largest absolute Gasteiger partial charge is 0.454 e. The molecule has 0 aliphatic carbocycles. The summed E-state index contributed by atoms with van der Waals surface area (Å²) in [5, 5.41) is 0.967. The van der Waals surface area contributed by atoms with Crippen LogP contribution in [0.2, 0.25) is 0 Å². The zero-order valence-corrected chi connectivity index (χ0v) is 15.0. The number of hydrogen-bond donors (Lipinski definition) is 0. The fourth-order valence-corrected chi connectivity index (χ4v) is 3.35. The van der Waals surface area contributed by atoms with Gasteiger partial charge in [-0.3, -0.25) is 4.98 Å². The van der Waals surface area contributed by atoms with Crippen molar-refractivity contribution in [2.45, 2.75) is 0 Å². The Kier molecular flexibility index (Phi) is 3.99. The van der Waals surface area contributed by atoms with Gasteiger partial charge in [0, 0.05) is 16.5 Å². The Morgan fingerprint density at radius 3 is 2.21 bits per heavy atom. The van der Waals surface area contributed by atoms with E-state index < -0.39 is 0 Å². The number of halogens is 1. The maximum absolute atomic E-state index is 13.2. The molecule has 28 heavy (non-hydrogen) atoms. The molecular weight excluding hydrogens is 349 g/mol. The molecule has 0 atom stereocenters. The summed E-state index contributed by atoms with van der Waals surface area (Å²) >= 11 is 0. The van der Waals surface area contributed by atoms with E-state index in [9.17, 15) is 4.39 Å². The normalized spacial score (nSPS) is 11.0. The van der Waals surface area contributed by atoms with Crippen molar-refractivity contribution < 1.29 is 8.81 Å². The van der Waals surface area contributed by atoms with Crippen LogP contribution in [-0.2, 0) is 0 Å². The number of fused-ring (bicyclic) bond motifs is 1. The van der Waals surface area contributed by atoms with Gasteiger partial charge in [0.15, 0.2) is 5.58 Å². The molecule has 0 aliphatic rings. The first-order valence-electron chi connectivity index (χ1n) is 9.08. The lowest BCUT2D eigenvalue weighted by molar-refractivity contribution is 0.622. The van der Waals surface area contributed by atoms with Gasteiger partial charge in [0.05, 0.1) is 11.9 Å². The minimum Gasteiger partial charge on any atom is -0.454 e. The molecule has 0 aliphatic heterocycles. The van der Waals surface area contributed by atoms with Gasteiger partial charge in [0.25, 0.3) is 0 Å². The number of pyridine rings is 1. The predicted molar refractivity (Wildman–Crippen MR) is 110 cm³/mol. The Morgan fingerprint density at radius 1 is 0.643 bits per heavy atom. The summed E-state index contributed by atoms with van der Waals surface area (Å²) in [5.41, 5.74) is 5.81. The molecule has 2 aromatic heterocycles. The SMILES string of the molecule is Fc1ccc(-c2cc3cc(-c4cccc(-c5ccccc5)c4)ncc3o2)cc1. The number of nitrogens with zero attached hydrogens (tertiary/aromatic N) is 1. The zero-order valence-electron chi connectivity index (χ0n) is 15.0. The smallest absolute Gasteiger partial charge is 0.153 e. The summed E-state index contributed by atoms with van der Waals surface area (Å²) in [4.78, 5) is 4.58. The number of aromatic nitrogens is 1. The summed E-state index contributed by atoms with van der Waals surface area (Å²) in [5.74, 6) is 0.439. The minimum atomic E-state index is -0.262. The molecule has 0 unspecified atom stereocenters. The van der Waals surface area contributed by atoms with Crippen molar-refractivity contribution in [3.63, 3.8) is 0 Å². The van der Waals surface area contributed by atoms with Crippen molar-refractivity contribution in [1.82, 2.24) is 4.98 Å². The van der Waals surface area contributed by atoms with E-state index in [1.165, 1.54) is 17.7 Å². The lowest BCUT2D eigenvalue weighted by atomic mass is 10.0. The molecule has 0 saturated carbocycles. The van der Waals surface area contributed by atoms with Crippen molar-refractivity contribution >= 4 is 11.0 Å². The van der Waals surface area contributed by atoms with E-state index in [-0.39, 0.29) is 5.82 Å². The highest BCUT2D eigenvalue weighted by molar-refractivity contribution is 5.86.